The number of ketones is 1. The predicted molar refractivity (Wildman–Crippen MR) is 146 cm³/mol. The number of amides is 1. The molecule has 1 N–H and O–H groups in total. The SMILES string of the molecule is CCCCOc1ccc(C2C(=C(O)c3ccc(OCC(C)C)cc3C)C(=O)C(=O)N2CCN(C)C)cc1. The maximum Gasteiger partial charge on any atom is 0.295 e. The Kier molecular flexibility index (Phi) is 9.75. The summed E-state index contributed by atoms with van der Waals surface area (Å²) in [7, 11) is 3.83. The van der Waals surface area contributed by atoms with Crippen LogP contribution in [0.5, 0.6) is 11.5 Å². The fourth-order valence-corrected chi connectivity index (χ4v) is 4.25. The number of hydrogen-bond donors (Lipinski definition) is 1. The van der Waals surface area contributed by atoms with Crippen LogP contribution in [-0.4, -0.2) is 67.0 Å². The number of aliphatic hydroxyl groups is 1. The lowest BCUT2D eigenvalue weighted by atomic mass is 9.94. The van der Waals surface area contributed by atoms with Gasteiger partial charge in [-0.15, -0.1) is 0 Å². The van der Waals surface area contributed by atoms with Gasteiger partial charge in [-0.2, -0.15) is 0 Å². The van der Waals surface area contributed by atoms with Gasteiger partial charge in [-0.3, -0.25) is 9.59 Å². The molecule has 2 aromatic carbocycles. The summed E-state index contributed by atoms with van der Waals surface area (Å²) in [6.45, 7) is 10.3. The molecule has 1 heterocycles. The van der Waals surface area contributed by atoms with E-state index >= 15 is 0 Å². The summed E-state index contributed by atoms with van der Waals surface area (Å²) in [5, 5.41) is 11.4. The maximum absolute atomic E-state index is 13.3. The molecule has 1 unspecified atom stereocenters. The van der Waals surface area contributed by atoms with E-state index in [1.54, 1.807) is 17.0 Å². The highest BCUT2D eigenvalue weighted by molar-refractivity contribution is 6.46. The zero-order chi connectivity index (χ0) is 27.1. The third kappa shape index (κ3) is 6.92. The van der Waals surface area contributed by atoms with Gasteiger partial charge in [0.1, 0.15) is 17.3 Å². The molecule has 3 rings (SSSR count). The van der Waals surface area contributed by atoms with Gasteiger partial charge in [-0.05, 0) is 74.8 Å². The number of carbonyl (C=O) groups excluding carboxylic acids is 2. The third-order valence-electron chi connectivity index (χ3n) is 6.33. The standard InChI is InChI=1S/C30H40N2O5/c1-7-8-17-36-23-11-9-22(10-12-23)27-26(29(34)30(35)32(27)16-15-31(5)6)28(33)25-14-13-24(18-21(25)4)37-19-20(2)3/h9-14,18,20,27,33H,7-8,15-17,19H2,1-6H3. The van der Waals surface area contributed by atoms with Gasteiger partial charge in [0.25, 0.3) is 11.7 Å². The Bertz CT molecular complexity index is 1120. The van der Waals surface area contributed by atoms with Crippen molar-refractivity contribution < 1.29 is 24.2 Å². The van der Waals surface area contributed by atoms with Gasteiger partial charge in [0, 0.05) is 18.7 Å². The van der Waals surface area contributed by atoms with Crippen molar-refractivity contribution in [2.24, 2.45) is 5.92 Å². The second kappa shape index (κ2) is 12.8. The van der Waals surface area contributed by atoms with Gasteiger partial charge < -0.3 is 24.4 Å². The van der Waals surface area contributed by atoms with Gasteiger partial charge in [-0.25, -0.2) is 0 Å². The Labute approximate surface area is 220 Å². The molecule has 1 fully saturated rings. The zero-order valence-corrected chi connectivity index (χ0v) is 22.9. The van der Waals surface area contributed by atoms with E-state index in [2.05, 4.69) is 20.8 Å². The molecule has 1 atom stereocenters. The lowest BCUT2D eigenvalue weighted by molar-refractivity contribution is -0.140. The highest BCUT2D eigenvalue weighted by atomic mass is 16.5. The van der Waals surface area contributed by atoms with Crippen LogP contribution in [0.3, 0.4) is 0 Å². The highest BCUT2D eigenvalue weighted by Gasteiger charge is 2.46. The van der Waals surface area contributed by atoms with Crippen molar-refractivity contribution in [1.82, 2.24) is 9.80 Å². The van der Waals surface area contributed by atoms with Crippen molar-refractivity contribution in [3.8, 4) is 11.5 Å². The molecule has 1 saturated heterocycles. The topological polar surface area (TPSA) is 79.3 Å². The van der Waals surface area contributed by atoms with Crippen molar-refractivity contribution in [2.45, 2.75) is 46.6 Å². The molecule has 0 aromatic heterocycles. The monoisotopic (exact) mass is 508 g/mol. The number of benzene rings is 2. The molecule has 0 spiro atoms. The molecule has 1 aliphatic rings. The first-order chi connectivity index (χ1) is 17.6. The minimum Gasteiger partial charge on any atom is -0.507 e. The number of ether oxygens (including phenoxy) is 2. The average molecular weight is 509 g/mol. The number of likely N-dealkylation sites (N-methyl/N-ethyl adjacent to an activating group) is 1. The summed E-state index contributed by atoms with van der Waals surface area (Å²) in [5.41, 5.74) is 2.11. The Morgan fingerprint density at radius 2 is 1.73 bits per heavy atom. The van der Waals surface area contributed by atoms with Crippen LogP contribution in [0.4, 0.5) is 0 Å². The van der Waals surface area contributed by atoms with E-state index in [9.17, 15) is 14.7 Å². The Morgan fingerprint density at radius 1 is 1.05 bits per heavy atom. The third-order valence-corrected chi connectivity index (χ3v) is 6.33. The molecule has 2 aromatic rings. The number of aryl methyl sites for hydroxylation is 1. The molecular weight excluding hydrogens is 468 g/mol. The van der Waals surface area contributed by atoms with E-state index in [1.165, 1.54) is 0 Å². The minimum absolute atomic E-state index is 0.0994. The molecule has 37 heavy (non-hydrogen) atoms. The molecule has 1 amide bonds. The van der Waals surface area contributed by atoms with Crippen LogP contribution >= 0.6 is 0 Å². The van der Waals surface area contributed by atoms with E-state index in [-0.39, 0.29) is 11.3 Å². The first kappa shape index (κ1) is 28.3. The number of aliphatic hydroxyl groups excluding tert-OH is 1. The van der Waals surface area contributed by atoms with Gasteiger partial charge in [0.05, 0.1) is 24.8 Å². The van der Waals surface area contributed by atoms with Crippen LogP contribution < -0.4 is 9.47 Å². The van der Waals surface area contributed by atoms with E-state index in [0.29, 0.717) is 43.5 Å². The van der Waals surface area contributed by atoms with Crippen molar-refractivity contribution in [3.05, 3.63) is 64.7 Å². The summed E-state index contributed by atoms with van der Waals surface area (Å²) in [6, 6.07) is 12.1. The molecule has 0 bridgehead atoms. The summed E-state index contributed by atoms with van der Waals surface area (Å²) >= 11 is 0. The molecule has 0 saturated carbocycles. The number of hydrogen-bond acceptors (Lipinski definition) is 6. The largest absolute Gasteiger partial charge is 0.507 e. The molecular formula is C30H40N2O5. The van der Waals surface area contributed by atoms with Crippen LogP contribution in [0, 0.1) is 12.8 Å². The number of rotatable bonds is 12. The number of Topliss-reactive ketones (excluding diaryl/α,β-unsaturated/α-hetero) is 1. The maximum atomic E-state index is 13.3. The number of likely N-dealkylation sites (tertiary alicyclic amines) is 1. The Balaban J connectivity index is 2.02. The Morgan fingerprint density at radius 3 is 2.32 bits per heavy atom. The van der Waals surface area contributed by atoms with Crippen molar-refractivity contribution in [3.63, 3.8) is 0 Å². The first-order valence-electron chi connectivity index (χ1n) is 13.0. The van der Waals surface area contributed by atoms with E-state index in [1.807, 2.05) is 56.3 Å². The predicted octanol–water partition coefficient (Wildman–Crippen LogP) is 5.19. The quantitative estimate of drug-likeness (QED) is 0.184. The van der Waals surface area contributed by atoms with E-state index in [4.69, 9.17) is 9.47 Å². The number of carbonyl (C=O) groups is 2. The average Bonchev–Trinajstić information content (AvgIpc) is 3.11. The molecule has 0 radical (unpaired) electrons. The van der Waals surface area contributed by atoms with Crippen LogP contribution in [0.2, 0.25) is 0 Å². The van der Waals surface area contributed by atoms with Crippen molar-refractivity contribution in [2.75, 3.05) is 40.4 Å². The van der Waals surface area contributed by atoms with Crippen molar-refractivity contribution >= 4 is 17.4 Å². The van der Waals surface area contributed by atoms with Gasteiger partial charge in [-0.1, -0.05) is 39.3 Å². The second-order valence-corrected chi connectivity index (χ2v) is 10.2. The lowest BCUT2D eigenvalue weighted by Crippen LogP contribution is -2.35. The van der Waals surface area contributed by atoms with Crippen LogP contribution in [0.15, 0.2) is 48.0 Å². The van der Waals surface area contributed by atoms with E-state index < -0.39 is 17.7 Å². The van der Waals surface area contributed by atoms with Gasteiger partial charge in [0.15, 0.2) is 0 Å². The molecule has 7 nitrogen and oxygen atoms in total. The fraction of sp³-hybridized carbons (Fsp3) is 0.467. The number of nitrogens with zero attached hydrogens (tertiary/aromatic N) is 2. The van der Waals surface area contributed by atoms with Crippen LogP contribution in [0.1, 0.15) is 56.3 Å². The number of unbranched alkanes of at least 4 members (excludes halogenated alkanes) is 1. The Hall–Kier alpha value is -3.32. The first-order valence-corrected chi connectivity index (χ1v) is 13.0. The normalized spacial score (nSPS) is 17.2. The fourth-order valence-electron chi connectivity index (χ4n) is 4.25. The van der Waals surface area contributed by atoms with Gasteiger partial charge in [0.2, 0.25) is 0 Å². The molecule has 1 aliphatic heterocycles. The zero-order valence-electron chi connectivity index (χ0n) is 22.9. The van der Waals surface area contributed by atoms with Crippen LogP contribution in [0.25, 0.3) is 5.76 Å². The van der Waals surface area contributed by atoms with Crippen molar-refractivity contribution in [1.29, 1.82) is 0 Å². The summed E-state index contributed by atoms with van der Waals surface area (Å²) in [4.78, 5) is 29.9. The second-order valence-electron chi connectivity index (χ2n) is 10.2. The lowest BCUT2D eigenvalue weighted by Gasteiger charge is -2.27. The highest BCUT2D eigenvalue weighted by Crippen LogP contribution is 2.40. The summed E-state index contributed by atoms with van der Waals surface area (Å²) < 4.78 is 11.6. The van der Waals surface area contributed by atoms with Gasteiger partial charge >= 0.3 is 0 Å². The smallest absolute Gasteiger partial charge is 0.295 e. The summed E-state index contributed by atoms with van der Waals surface area (Å²) in [6.07, 6.45) is 2.01. The summed E-state index contributed by atoms with van der Waals surface area (Å²) in [5.74, 6) is 0.358. The molecule has 0 aliphatic carbocycles. The molecule has 200 valence electrons. The van der Waals surface area contributed by atoms with Crippen LogP contribution in [-0.2, 0) is 9.59 Å². The minimum atomic E-state index is -0.694. The molecule has 7 heteroatoms. The van der Waals surface area contributed by atoms with E-state index in [0.717, 1.165) is 29.7 Å².